The first-order chi connectivity index (χ1) is 13.0. The highest BCUT2D eigenvalue weighted by molar-refractivity contribution is 5.81. The Bertz CT molecular complexity index is 854. The summed E-state index contributed by atoms with van der Waals surface area (Å²) in [5, 5.41) is 11.7. The molecule has 2 aromatic carbocycles. The lowest BCUT2D eigenvalue weighted by Crippen LogP contribution is -2.45. The second kappa shape index (κ2) is 7.96. The fraction of sp³-hybridized carbons (Fsp3) is 0.273. The molecule has 2 N–H and O–H groups in total. The molecule has 0 radical (unpaired) electrons. The number of nitrogens with one attached hydrogen (secondary N) is 1. The van der Waals surface area contributed by atoms with E-state index in [0.29, 0.717) is 0 Å². The predicted octanol–water partition coefficient (Wildman–Crippen LogP) is 3.64. The maximum Gasteiger partial charge on any atom is 0.407 e. The summed E-state index contributed by atoms with van der Waals surface area (Å²) < 4.78 is 5.38. The smallest absolute Gasteiger partial charge is 0.407 e. The van der Waals surface area contributed by atoms with E-state index in [1.807, 2.05) is 36.4 Å². The number of alkyl carbamates (subject to hydrolysis) is 1. The van der Waals surface area contributed by atoms with Crippen molar-refractivity contribution in [2.75, 3.05) is 6.61 Å². The summed E-state index contributed by atoms with van der Waals surface area (Å²) in [4.78, 5) is 23.6. The van der Waals surface area contributed by atoms with Crippen molar-refractivity contribution in [2.45, 2.75) is 25.3 Å². The topological polar surface area (TPSA) is 75.6 Å². The molecule has 138 valence electrons. The highest BCUT2D eigenvalue weighted by atomic mass is 16.5. The molecule has 0 aromatic heterocycles. The highest BCUT2D eigenvalue weighted by Crippen LogP contribution is 2.44. The van der Waals surface area contributed by atoms with E-state index >= 15 is 0 Å². The molecule has 0 bridgehead atoms. The largest absolute Gasteiger partial charge is 0.480 e. The Morgan fingerprint density at radius 1 is 1.15 bits per heavy atom. The van der Waals surface area contributed by atoms with Gasteiger partial charge < -0.3 is 15.2 Å². The van der Waals surface area contributed by atoms with Gasteiger partial charge in [0.2, 0.25) is 0 Å². The number of aliphatic carboxylic acids is 1. The van der Waals surface area contributed by atoms with Crippen LogP contribution in [0.25, 0.3) is 11.1 Å². The Kier molecular flexibility index (Phi) is 5.46. The third-order valence-corrected chi connectivity index (χ3v) is 4.89. The lowest BCUT2D eigenvalue weighted by atomic mass is 9.98. The molecule has 0 unspecified atom stereocenters. The summed E-state index contributed by atoms with van der Waals surface area (Å²) in [5.41, 5.74) is 4.46. The minimum absolute atomic E-state index is 0.0745. The maximum atomic E-state index is 12.2. The monoisotopic (exact) mass is 363 g/mol. The number of ether oxygens (including phenoxy) is 1. The molecular formula is C22H21NO4. The number of rotatable bonds is 6. The average molecular weight is 363 g/mol. The molecule has 0 saturated heterocycles. The van der Waals surface area contributed by atoms with E-state index < -0.39 is 24.0 Å². The van der Waals surface area contributed by atoms with Gasteiger partial charge in [-0.05, 0) is 28.2 Å². The van der Waals surface area contributed by atoms with Gasteiger partial charge in [0.15, 0.2) is 0 Å². The predicted molar refractivity (Wildman–Crippen MR) is 102 cm³/mol. The number of carbonyl (C=O) groups excluding carboxylic acids is 1. The van der Waals surface area contributed by atoms with Crippen LogP contribution in [0.4, 0.5) is 4.79 Å². The Morgan fingerprint density at radius 3 is 2.22 bits per heavy atom. The van der Waals surface area contributed by atoms with Gasteiger partial charge in [-0.25, -0.2) is 9.59 Å². The van der Waals surface area contributed by atoms with Crippen molar-refractivity contribution in [3.8, 4) is 23.5 Å². The van der Waals surface area contributed by atoms with Gasteiger partial charge in [0, 0.05) is 12.3 Å². The van der Waals surface area contributed by atoms with Crippen molar-refractivity contribution in [3.05, 3.63) is 59.7 Å². The summed E-state index contributed by atoms with van der Waals surface area (Å²) >= 11 is 0. The quantitative estimate of drug-likeness (QED) is 0.769. The van der Waals surface area contributed by atoms with Crippen LogP contribution < -0.4 is 5.32 Å². The Hall–Kier alpha value is -3.26. The van der Waals surface area contributed by atoms with Crippen LogP contribution in [0.1, 0.15) is 30.4 Å². The molecule has 0 heterocycles. The molecule has 2 atom stereocenters. The van der Waals surface area contributed by atoms with Gasteiger partial charge in [0.1, 0.15) is 12.6 Å². The zero-order chi connectivity index (χ0) is 19.4. The van der Waals surface area contributed by atoms with Gasteiger partial charge in [0.05, 0.1) is 0 Å². The Balaban J connectivity index is 1.70. The molecule has 1 amide bonds. The van der Waals surface area contributed by atoms with E-state index in [1.165, 1.54) is 0 Å². The van der Waals surface area contributed by atoms with Crippen LogP contribution in [0.5, 0.6) is 0 Å². The van der Waals surface area contributed by atoms with Crippen molar-refractivity contribution in [2.24, 2.45) is 5.92 Å². The van der Waals surface area contributed by atoms with Gasteiger partial charge in [0.25, 0.3) is 0 Å². The van der Waals surface area contributed by atoms with Crippen molar-refractivity contribution in [3.63, 3.8) is 0 Å². The molecule has 0 spiro atoms. The van der Waals surface area contributed by atoms with Crippen LogP contribution in [0.3, 0.4) is 0 Å². The molecule has 1 aliphatic rings. The third-order valence-electron chi connectivity index (χ3n) is 4.89. The fourth-order valence-corrected chi connectivity index (χ4v) is 3.52. The molecule has 5 nitrogen and oxygen atoms in total. The van der Waals surface area contributed by atoms with E-state index in [0.717, 1.165) is 22.3 Å². The van der Waals surface area contributed by atoms with Crippen molar-refractivity contribution in [1.29, 1.82) is 0 Å². The van der Waals surface area contributed by atoms with Crippen LogP contribution in [-0.4, -0.2) is 29.8 Å². The minimum Gasteiger partial charge on any atom is -0.480 e. The lowest BCUT2D eigenvalue weighted by Gasteiger charge is -2.20. The number of benzene rings is 2. The van der Waals surface area contributed by atoms with Crippen LogP contribution in [0.15, 0.2) is 48.5 Å². The standard InChI is InChI=1S/C22H21NO4/c1-3-8-14(2)20(21(24)25)23-22(26)27-13-19-17-11-6-4-9-15(17)16-10-5-7-12-18(16)19/h1,4-7,9-12,14,19-20H,8,13H2,2H3,(H,23,26)(H,24,25)/t14-,20-/m1/s1. The van der Waals surface area contributed by atoms with E-state index in [4.69, 9.17) is 11.2 Å². The lowest BCUT2D eigenvalue weighted by molar-refractivity contribution is -0.140. The first kappa shape index (κ1) is 18.5. The number of carboxylic acids is 1. The van der Waals surface area contributed by atoms with Gasteiger partial charge in [-0.1, -0.05) is 55.5 Å². The zero-order valence-electron chi connectivity index (χ0n) is 15.0. The van der Waals surface area contributed by atoms with Gasteiger partial charge in [-0.2, -0.15) is 0 Å². The highest BCUT2D eigenvalue weighted by Gasteiger charge is 2.30. The number of hydrogen-bond donors (Lipinski definition) is 2. The van der Waals surface area contributed by atoms with Crippen LogP contribution in [0, 0.1) is 18.3 Å². The normalized spacial score (nSPS) is 14.4. The van der Waals surface area contributed by atoms with E-state index in [-0.39, 0.29) is 18.9 Å². The minimum atomic E-state index is -1.13. The van der Waals surface area contributed by atoms with Crippen LogP contribution in [0.2, 0.25) is 0 Å². The number of carboxylic acid groups (broad SMARTS) is 1. The second-order valence-corrected chi connectivity index (χ2v) is 6.67. The maximum absolute atomic E-state index is 12.2. The van der Waals surface area contributed by atoms with E-state index in [9.17, 15) is 14.7 Å². The third kappa shape index (κ3) is 3.80. The summed E-state index contributed by atoms with van der Waals surface area (Å²) in [6.45, 7) is 1.82. The second-order valence-electron chi connectivity index (χ2n) is 6.67. The summed E-state index contributed by atoms with van der Waals surface area (Å²) in [6.07, 6.45) is 4.74. The summed E-state index contributed by atoms with van der Waals surface area (Å²) in [6, 6.07) is 14.9. The molecule has 27 heavy (non-hydrogen) atoms. The molecule has 3 rings (SSSR count). The molecule has 1 aliphatic carbocycles. The van der Waals surface area contributed by atoms with E-state index in [1.54, 1.807) is 6.92 Å². The average Bonchev–Trinajstić information content (AvgIpc) is 2.98. The molecule has 0 saturated carbocycles. The first-order valence-corrected chi connectivity index (χ1v) is 8.80. The number of hydrogen-bond acceptors (Lipinski definition) is 3. The zero-order valence-corrected chi connectivity index (χ0v) is 15.0. The molecule has 2 aromatic rings. The Labute approximate surface area is 158 Å². The van der Waals surface area contributed by atoms with Gasteiger partial charge in [-0.15, -0.1) is 12.3 Å². The SMILES string of the molecule is C#CC[C@@H](C)[C@@H](NC(=O)OCC1c2ccccc2-c2ccccc21)C(=O)O. The van der Waals surface area contributed by atoms with Crippen molar-refractivity contribution < 1.29 is 19.4 Å². The molecule has 0 fully saturated rings. The molecule has 0 aliphatic heterocycles. The van der Waals surface area contributed by atoms with Crippen molar-refractivity contribution >= 4 is 12.1 Å². The number of carbonyl (C=O) groups is 2. The summed E-state index contributed by atoms with van der Waals surface area (Å²) in [7, 11) is 0. The van der Waals surface area contributed by atoms with Crippen LogP contribution in [-0.2, 0) is 9.53 Å². The number of terminal acetylenes is 1. The van der Waals surface area contributed by atoms with Gasteiger partial charge >= 0.3 is 12.1 Å². The fourth-order valence-electron chi connectivity index (χ4n) is 3.52. The number of fused-ring (bicyclic) bond motifs is 3. The Morgan fingerprint density at radius 2 is 1.70 bits per heavy atom. The number of amides is 1. The first-order valence-electron chi connectivity index (χ1n) is 8.80. The molecular weight excluding hydrogens is 342 g/mol. The van der Waals surface area contributed by atoms with Gasteiger partial charge in [-0.3, -0.25) is 0 Å². The van der Waals surface area contributed by atoms with Crippen molar-refractivity contribution in [1.82, 2.24) is 5.32 Å². The summed E-state index contributed by atoms with van der Waals surface area (Å²) in [5.74, 6) is 0.816. The van der Waals surface area contributed by atoms with Crippen LogP contribution >= 0.6 is 0 Å². The van der Waals surface area contributed by atoms with E-state index in [2.05, 4.69) is 23.4 Å². The molecule has 5 heteroatoms.